The number of benzene rings is 1. The van der Waals surface area contributed by atoms with Gasteiger partial charge in [-0.1, -0.05) is 35.8 Å². The van der Waals surface area contributed by atoms with Crippen LogP contribution in [0.4, 0.5) is 0 Å². The van der Waals surface area contributed by atoms with Gasteiger partial charge in [-0.15, -0.1) is 0 Å². The molecule has 0 heterocycles. The molecule has 0 aromatic heterocycles. The summed E-state index contributed by atoms with van der Waals surface area (Å²) >= 11 is 3.55. The summed E-state index contributed by atoms with van der Waals surface area (Å²) in [6.07, 6.45) is 0.871. The van der Waals surface area contributed by atoms with Crippen LogP contribution in [0.1, 0.15) is 40.9 Å². The second kappa shape index (κ2) is 3.18. The molecule has 1 aliphatic rings. The first-order valence-corrected chi connectivity index (χ1v) is 5.97. The summed E-state index contributed by atoms with van der Waals surface area (Å²) in [5.74, 6) is 0.288. The third kappa shape index (κ3) is 1.46. The van der Waals surface area contributed by atoms with Crippen LogP contribution in [0.25, 0.3) is 0 Å². The summed E-state index contributed by atoms with van der Waals surface area (Å²) in [7, 11) is 0. The van der Waals surface area contributed by atoms with Gasteiger partial charge in [0, 0.05) is 15.5 Å². The lowest BCUT2D eigenvalue weighted by Crippen LogP contribution is -2.19. The largest absolute Gasteiger partial charge is 0.294 e. The number of fused-ring (bicyclic) bond motifs is 1. The van der Waals surface area contributed by atoms with Crippen molar-refractivity contribution in [1.82, 2.24) is 0 Å². The van der Waals surface area contributed by atoms with Crippen LogP contribution in [0.15, 0.2) is 10.5 Å². The average molecular weight is 267 g/mol. The van der Waals surface area contributed by atoms with Gasteiger partial charge < -0.3 is 0 Å². The van der Waals surface area contributed by atoms with Gasteiger partial charge in [0.25, 0.3) is 0 Å². The van der Waals surface area contributed by atoms with Gasteiger partial charge in [0.15, 0.2) is 5.78 Å². The molecule has 0 bridgehead atoms. The van der Waals surface area contributed by atoms with Crippen molar-refractivity contribution >= 4 is 21.7 Å². The highest BCUT2D eigenvalue weighted by molar-refractivity contribution is 9.10. The number of carbonyl (C=O) groups excluding carboxylic acids is 1. The number of ketones is 1. The maximum atomic E-state index is 12.2. The zero-order valence-electron chi connectivity index (χ0n) is 9.57. The number of rotatable bonds is 0. The molecule has 0 fully saturated rings. The minimum Gasteiger partial charge on any atom is -0.294 e. The number of Topliss-reactive ketones (excluding diaryl/α,β-unsaturated/α-hetero) is 1. The molecular formula is C13H15BrO. The van der Waals surface area contributed by atoms with Crippen molar-refractivity contribution in [3.63, 3.8) is 0 Å². The van der Waals surface area contributed by atoms with E-state index in [4.69, 9.17) is 0 Å². The molecule has 1 aliphatic carbocycles. The van der Waals surface area contributed by atoms with E-state index in [2.05, 4.69) is 28.9 Å². The SMILES string of the molecule is Cc1cc2c(c(C)c1Br)C(=O)C(C)(C)C2. The highest BCUT2D eigenvalue weighted by Crippen LogP contribution is 2.40. The fourth-order valence-corrected chi connectivity index (χ4v) is 2.71. The third-order valence-corrected chi connectivity index (χ3v) is 4.46. The zero-order valence-corrected chi connectivity index (χ0v) is 11.2. The fourth-order valence-electron chi connectivity index (χ4n) is 2.39. The molecule has 0 spiro atoms. The van der Waals surface area contributed by atoms with Crippen molar-refractivity contribution in [3.05, 3.63) is 32.8 Å². The molecule has 1 aromatic rings. The lowest BCUT2D eigenvalue weighted by molar-refractivity contribution is 0.0863. The molecule has 0 saturated heterocycles. The summed E-state index contributed by atoms with van der Waals surface area (Å²) < 4.78 is 1.08. The first kappa shape index (κ1) is 10.9. The van der Waals surface area contributed by atoms with Gasteiger partial charge in [0.05, 0.1) is 0 Å². The number of hydrogen-bond acceptors (Lipinski definition) is 1. The second-order valence-electron chi connectivity index (χ2n) is 5.06. The van der Waals surface area contributed by atoms with E-state index >= 15 is 0 Å². The van der Waals surface area contributed by atoms with Gasteiger partial charge in [-0.25, -0.2) is 0 Å². The van der Waals surface area contributed by atoms with Crippen molar-refractivity contribution in [3.8, 4) is 0 Å². The van der Waals surface area contributed by atoms with Crippen LogP contribution in [-0.4, -0.2) is 5.78 Å². The Hall–Kier alpha value is -0.630. The Labute approximate surface area is 99.0 Å². The Morgan fingerprint density at radius 3 is 2.53 bits per heavy atom. The minimum atomic E-state index is -0.222. The van der Waals surface area contributed by atoms with E-state index in [1.54, 1.807) is 0 Å². The van der Waals surface area contributed by atoms with Crippen LogP contribution in [-0.2, 0) is 6.42 Å². The van der Waals surface area contributed by atoms with Gasteiger partial charge in [-0.05, 0) is 37.0 Å². The van der Waals surface area contributed by atoms with E-state index in [1.807, 2.05) is 20.8 Å². The lowest BCUT2D eigenvalue weighted by atomic mass is 9.88. The minimum absolute atomic E-state index is 0.222. The molecule has 2 rings (SSSR count). The van der Waals surface area contributed by atoms with Gasteiger partial charge in [0.1, 0.15) is 0 Å². The van der Waals surface area contributed by atoms with Crippen molar-refractivity contribution < 1.29 is 4.79 Å². The standard InChI is InChI=1S/C13H15BrO/c1-7-5-9-6-13(3,4)12(15)10(9)8(2)11(7)14/h5H,6H2,1-4H3. The molecule has 80 valence electrons. The van der Waals surface area contributed by atoms with Crippen molar-refractivity contribution in [2.75, 3.05) is 0 Å². The molecule has 0 saturated carbocycles. The fraction of sp³-hybridized carbons (Fsp3) is 0.462. The van der Waals surface area contributed by atoms with Gasteiger partial charge in [0.2, 0.25) is 0 Å². The molecule has 15 heavy (non-hydrogen) atoms. The molecule has 2 heteroatoms. The monoisotopic (exact) mass is 266 g/mol. The van der Waals surface area contributed by atoms with Crippen LogP contribution < -0.4 is 0 Å². The predicted molar refractivity (Wildman–Crippen MR) is 65.4 cm³/mol. The zero-order chi connectivity index (χ0) is 11.4. The molecule has 1 aromatic carbocycles. The predicted octanol–water partition coefficient (Wildman–Crippen LogP) is 3.83. The Balaban J connectivity index is 2.72. The first-order valence-electron chi connectivity index (χ1n) is 5.18. The molecule has 0 unspecified atom stereocenters. The number of aryl methyl sites for hydroxylation is 1. The Kier molecular flexibility index (Phi) is 2.30. The molecular weight excluding hydrogens is 252 g/mol. The van der Waals surface area contributed by atoms with E-state index in [1.165, 1.54) is 11.1 Å². The highest BCUT2D eigenvalue weighted by Gasteiger charge is 2.39. The van der Waals surface area contributed by atoms with Crippen molar-refractivity contribution in [2.45, 2.75) is 34.1 Å². The van der Waals surface area contributed by atoms with Crippen LogP contribution in [0.3, 0.4) is 0 Å². The summed E-state index contributed by atoms with van der Waals surface area (Å²) in [4.78, 5) is 12.2. The topological polar surface area (TPSA) is 17.1 Å². The summed E-state index contributed by atoms with van der Waals surface area (Å²) in [6, 6.07) is 2.14. The second-order valence-corrected chi connectivity index (χ2v) is 5.85. The molecule has 0 radical (unpaired) electrons. The summed E-state index contributed by atoms with van der Waals surface area (Å²) in [6.45, 7) is 8.15. The Morgan fingerprint density at radius 1 is 1.33 bits per heavy atom. The van der Waals surface area contributed by atoms with Crippen LogP contribution in [0.2, 0.25) is 0 Å². The van der Waals surface area contributed by atoms with Gasteiger partial charge >= 0.3 is 0 Å². The van der Waals surface area contributed by atoms with E-state index in [0.717, 1.165) is 22.0 Å². The summed E-state index contributed by atoms with van der Waals surface area (Å²) in [5, 5.41) is 0. The van der Waals surface area contributed by atoms with Crippen LogP contribution >= 0.6 is 15.9 Å². The van der Waals surface area contributed by atoms with Crippen molar-refractivity contribution in [1.29, 1.82) is 0 Å². The lowest BCUT2D eigenvalue weighted by Gasteiger charge is -2.13. The Morgan fingerprint density at radius 2 is 1.93 bits per heavy atom. The molecule has 0 aliphatic heterocycles. The number of carbonyl (C=O) groups is 1. The van der Waals surface area contributed by atoms with Crippen LogP contribution in [0.5, 0.6) is 0 Å². The van der Waals surface area contributed by atoms with E-state index in [-0.39, 0.29) is 11.2 Å². The maximum absolute atomic E-state index is 12.2. The van der Waals surface area contributed by atoms with Crippen molar-refractivity contribution in [2.24, 2.45) is 5.41 Å². The normalized spacial score (nSPS) is 18.1. The first-order chi connectivity index (χ1) is 6.84. The van der Waals surface area contributed by atoms with E-state index < -0.39 is 0 Å². The Bertz CT molecular complexity index is 458. The number of hydrogen-bond donors (Lipinski definition) is 0. The third-order valence-electron chi connectivity index (χ3n) is 3.24. The maximum Gasteiger partial charge on any atom is 0.169 e. The number of halogens is 1. The molecule has 0 N–H and O–H groups in total. The smallest absolute Gasteiger partial charge is 0.169 e. The van der Waals surface area contributed by atoms with Gasteiger partial charge in [-0.2, -0.15) is 0 Å². The van der Waals surface area contributed by atoms with Gasteiger partial charge in [-0.3, -0.25) is 4.79 Å². The van der Waals surface area contributed by atoms with Crippen LogP contribution in [0, 0.1) is 19.3 Å². The molecule has 0 amide bonds. The average Bonchev–Trinajstić information content (AvgIpc) is 2.34. The quantitative estimate of drug-likeness (QED) is 0.698. The highest BCUT2D eigenvalue weighted by atomic mass is 79.9. The summed E-state index contributed by atoms with van der Waals surface area (Å²) in [5.41, 5.74) is 4.25. The molecule has 0 atom stereocenters. The van der Waals surface area contributed by atoms with E-state index in [0.29, 0.717) is 0 Å². The molecule has 1 nitrogen and oxygen atoms in total. The van der Waals surface area contributed by atoms with E-state index in [9.17, 15) is 4.79 Å².